The molecule has 0 aliphatic heterocycles. The highest BCUT2D eigenvalue weighted by Gasteiger charge is 2.18. The van der Waals surface area contributed by atoms with Gasteiger partial charge in [0.15, 0.2) is 6.10 Å². The summed E-state index contributed by atoms with van der Waals surface area (Å²) in [6.45, 7) is 10.0. The van der Waals surface area contributed by atoms with Crippen LogP contribution >= 0.6 is 0 Å². The number of carbonyl (C=O) groups is 1. The van der Waals surface area contributed by atoms with Crippen LogP contribution in [0.25, 0.3) is 0 Å². The first kappa shape index (κ1) is 17.1. The molecule has 0 saturated carbocycles. The summed E-state index contributed by atoms with van der Waals surface area (Å²) in [6, 6.07) is 13.9. The van der Waals surface area contributed by atoms with Crippen LogP contribution in [0.5, 0.6) is 5.75 Å². The van der Waals surface area contributed by atoms with Crippen molar-refractivity contribution >= 4 is 11.6 Å². The van der Waals surface area contributed by atoms with Crippen molar-refractivity contribution in [3.8, 4) is 5.75 Å². The average molecular weight is 311 g/mol. The number of benzene rings is 2. The number of hydrogen-bond donors (Lipinski definition) is 1. The molecule has 2 rings (SSSR count). The quantitative estimate of drug-likeness (QED) is 0.858. The Labute approximate surface area is 138 Å². The molecule has 0 aliphatic rings. The van der Waals surface area contributed by atoms with E-state index in [0.29, 0.717) is 5.92 Å². The van der Waals surface area contributed by atoms with Crippen molar-refractivity contribution in [2.75, 3.05) is 5.32 Å². The second-order valence-electron chi connectivity index (χ2n) is 6.26. The van der Waals surface area contributed by atoms with E-state index >= 15 is 0 Å². The summed E-state index contributed by atoms with van der Waals surface area (Å²) in [4.78, 5) is 12.4. The molecule has 0 radical (unpaired) electrons. The molecular formula is C20H25NO2. The number of nitrogens with one attached hydrogen (secondary N) is 1. The highest BCUT2D eigenvalue weighted by Crippen LogP contribution is 2.28. The van der Waals surface area contributed by atoms with Crippen molar-refractivity contribution in [3.05, 3.63) is 59.2 Å². The Morgan fingerprint density at radius 2 is 1.74 bits per heavy atom. The van der Waals surface area contributed by atoms with E-state index in [2.05, 4.69) is 31.3 Å². The number of ether oxygens (including phenoxy) is 1. The zero-order valence-corrected chi connectivity index (χ0v) is 14.5. The van der Waals surface area contributed by atoms with Crippen LogP contribution in [-0.4, -0.2) is 12.0 Å². The van der Waals surface area contributed by atoms with Crippen LogP contribution in [-0.2, 0) is 4.79 Å². The summed E-state index contributed by atoms with van der Waals surface area (Å²) >= 11 is 0. The Kier molecular flexibility index (Phi) is 5.43. The second kappa shape index (κ2) is 7.32. The fourth-order valence-electron chi connectivity index (χ4n) is 2.41. The maximum absolute atomic E-state index is 12.4. The molecule has 1 atom stereocenters. The molecule has 3 nitrogen and oxygen atoms in total. The van der Waals surface area contributed by atoms with Gasteiger partial charge < -0.3 is 10.1 Å². The van der Waals surface area contributed by atoms with Gasteiger partial charge in [-0.3, -0.25) is 4.79 Å². The zero-order chi connectivity index (χ0) is 17.0. The highest BCUT2D eigenvalue weighted by atomic mass is 16.5. The average Bonchev–Trinajstić information content (AvgIpc) is 2.49. The number of rotatable bonds is 5. The van der Waals surface area contributed by atoms with E-state index in [1.165, 1.54) is 0 Å². The van der Waals surface area contributed by atoms with Crippen molar-refractivity contribution in [2.24, 2.45) is 0 Å². The van der Waals surface area contributed by atoms with Gasteiger partial charge in [0.05, 0.1) is 0 Å². The summed E-state index contributed by atoms with van der Waals surface area (Å²) in [5, 5.41) is 2.93. The largest absolute Gasteiger partial charge is 0.481 e. The Morgan fingerprint density at radius 1 is 1.04 bits per heavy atom. The van der Waals surface area contributed by atoms with E-state index < -0.39 is 6.10 Å². The molecule has 0 heterocycles. The van der Waals surface area contributed by atoms with Crippen LogP contribution in [0.15, 0.2) is 42.5 Å². The van der Waals surface area contributed by atoms with Gasteiger partial charge in [-0.2, -0.15) is 0 Å². The molecule has 0 aromatic heterocycles. The number of anilines is 1. The van der Waals surface area contributed by atoms with Crippen LogP contribution in [0, 0.1) is 13.8 Å². The van der Waals surface area contributed by atoms with Crippen LogP contribution in [0.3, 0.4) is 0 Å². The van der Waals surface area contributed by atoms with E-state index in [9.17, 15) is 4.79 Å². The van der Waals surface area contributed by atoms with Gasteiger partial charge in [-0.1, -0.05) is 44.2 Å². The van der Waals surface area contributed by atoms with Gasteiger partial charge in [0.1, 0.15) is 5.75 Å². The number of hydrogen-bond acceptors (Lipinski definition) is 2. The molecule has 1 amide bonds. The van der Waals surface area contributed by atoms with Crippen LogP contribution in [0.2, 0.25) is 0 Å². The lowest BCUT2D eigenvalue weighted by Gasteiger charge is -2.19. The van der Waals surface area contributed by atoms with Gasteiger partial charge in [0.2, 0.25) is 0 Å². The van der Waals surface area contributed by atoms with E-state index in [4.69, 9.17) is 4.74 Å². The Balaban J connectivity index is 2.13. The van der Waals surface area contributed by atoms with Gasteiger partial charge in [0, 0.05) is 5.69 Å². The van der Waals surface area contributed by atoms with Crippen LogP contribution in [0.4, 0.5) is 5.69 Å². The van der Waals surface area contributed by atoms with E-state index in [-0.39, 0.29) is 5.91 Å². The molecule has 0 unspecified atom stereocenters. The molecule has 2 aromatic carbocycles. The van der Waals surface area contributed by atoms with Crippen LogP contribution in [0.1, 0.15) is 43.4 Å². The Hall–Kier alpha value is -2.29. The molecule has 2 aromatic rings. The molecule has 0 saturated heterocycles. The minimum absolute atomic E-state index is 0.143. The molecule has 0 bridgehead atoms. The summed E-state index contributed by atoms with van der Waals surface area (Å²) in [5.41, 5.74) is 4.09. The number of carbonyl (C=O) groups excluding carboxylic acids is 1. The predicted molar refractivity (Wildman–Crippen MR) is 95.2 cm³/mol. The fourth-order valence-corrected chi connectivity index (χ4v) is 2.41. The van der Waals surface area contributed by atoms with Crippen molar-refractivity contribution in [1.82, 2.24) is 0 Å². The third kappa shape index (κ3) is 4.35. The maximum Gasteiger partial charge on any atom is 0.265 e. The van der Waals surface area contributed by atoms with Gasteiger partial charge in [-0.25, -0.2) is 0 Å². The van der Waals surface area contributed by atoms with Crippen molar-refractivity contribution in [1.29, 1.82) is 0 Å². The maximum atomic E-state index is 12.4. The monoisotopic (exact) mass is 311 g/mol. The van der Waals surface area contributed by atoms with Gasteiger partial charge in [0.25, 0.3) is 5.91 Å². The minimum Gasteiger partial charge on any atom is -0.481 e. The standard InChI is InChI=1S/C20H25NO2/c1-13(2)17-11-10-14(3)12-19(17)23-16(5)20(22)21-18-9-7-6-8-15(18)4/h6-13,16H,1-5H3,(H,21,22)/t16-/m1/s1. The molecule has 0 spiro atoms. The minimum atomic E-state index is -0.561. The van der Waals surface area contributed by atoms with Crippen LogP contribution < -0.4 is 10.1 Å². The smallest absolute Gasteiger partial charge is 0.265 e. The third-order valence-electron chi connectivity index (χ3n) is 3.87. The Bertz CT molecular complexity index is 692. The van der Waals surface area contributed by atoms with Gasteiger partial charge in [-0.05, 0) is 55.5 Å². The fraction of sp³-hybridized carbons (Fsp3) is 0.350. The Morgan fingerprint density at radius 3 is 2.39 bits per heavy atom. The molecular weight excluding hydrogens is 286 g/mol. The molecule has 0 fully saturated rings. The van der Waals surface area contributed by atoms with Crippen molar-refractivity contribution < 1.29 is 9.53 Å². The summed E-state index contributed by atoms with van der Waals surface area (Å²) in [7, 11) is 0. The summed E-state index contributed by atoms with van der Waals surface area (Å²) < 4.78 is 5.95. The number of para-hydroxylation sites is 1. The third-order valence-corrected chi connectivity index (χ3v) is 3.87. The molecule has 3 heteroatoms. The van der Waals surface area contributed by atoms with E-state index in [1.807, 2.05) is 44.2 Å². The van der Waals surface area contributed by atoms with E-state index in [1.54, 1.807) is 6.92 Å². The topological polar surface area (TPSA) is 38.3 Å². The van der Waals surface area contributed by atoms with Crippen molar-refractivity contribution in [2.45, 2.75) is 46.6 Å². The van der Waals surface area contributed by atoms with Crippen molar-refractivity contribution in [3.63, 3.8) is 0 Å². The molecule has 1 N–H and O–H groups in total. The zero-order valence-electron chi connectivity index (χ0n) is 14.5. The number of amides is 1. The van der Waals surface area contributed by atoms with E-state index in [0.717, 1.165) is 28.1 Å². The summed E-state index contributed by atoms with van der Waals surface area (Å²) in [6.07, 6.45) is -0.561. The van der Waals surface area contributed by atoms with Gasteiger partial charge in [-0.15, -0.1) is 0 Å². The number of aryl methyl sites for hydroxylation is 2. The molecule has 122 valence electrons. The molecule has 0 aliphatic carbocycles. The summed E-state index contributed by atoms with van der Waals surface area (Å²) in [5.74, 6) is 0.986. The molecule has 23 heavy (non-hydrogen) atoms. The second-order valence-corrected chi connectivity index (χ2v) is 6.26. The highest BCUT2D eigenvalue weighted by molar-refractivity contribution is 5.94. The lowest BCUT2D eigenvalue weighted by Crippen LogP contribution is -2.30. The normalized spacial score (nSPS) is 12.1. The first-order chi connectivity index (χ1) is 10.9. The first-order valence-electron chi connectivity index (χ1n) is 8.02. The SMILES string of the molecule is Cc1ccc(C(C)C)c(O[C@H](C)C(=O)Nc2ccccc2C)c1. The first-order valence-corrected chi connectivity index (χ1v) is 8.02. The lowest BCUT2D eigenvalue weighted by atomic mass is 10.0. The van der Waals surface area contributed by atoms with Gasteiger partial charge >= 0.3 is 0 Å². The lowest BCUT2D eigenvalue weighted by molar-refractivity contribution is -0.122. The predicted octanol–water partition coefficient (Wildman–Crippen LogP) is 4.83.